The van der Waals surface area contributed by atoms with E-state index < -0.39 is 17.7 Å². The molecule has 0 radical (unpaired) electrons. The second-order valence-corrected chi connectivity index (χ2v) is 4.83. The third-order valence-electron chi connectivity index (χ3n) is 3.13. The molecule has 6 heteroatoms. The van der Waals surface area contributed by atoms with Gasteiger partial charge in [0.1, 0.15) is 18.5 Å². The Labute approximate surface area is 132 Å². The van der Waals surface area contributed by atoms with E-state index in [-0.39, 0.29) is 12.3 Å². The van der Waals surface area contributed by atoms with Gasteiger partial charge in [-0.15, -0.1) is 0 Å². The molecular formula is C17H16FNO4. The number of rotatable bonds is 7. The van der Waals surface area contributed by atoms with E-state index in [1.807, 2.05) is 12.2 Å². The highest BCUT2D eigenvalue weighted by Gasteiger charge is 2.07. The molecule has 120 valence electrons. The topological polar surface area (TPSA) is 72.6 Å². The molecule has 1 unspecified atom stereocenters. The van der Waals surface area contributed by atoms with E-state index in [1.54, 1.807) is 36.4 Å². The van der Waals surface area contributed by atoms with Gasteiger partial charge in [0.2, 0.25) is 0 Å². The lowest BCUT2D eigenvalue weighted by Crippen LogP contribution is -2.23. The SMILES string of the molecule is O=[N+]([O-])c1ccc(/C=C/c2ccc(OC(CO)CF)cc2)cc1. The van der Waals surface area contributed by atoms with Crippen molar-refractivity contribution in [3.8, 4) is 5.75 Å². The fourth-order valence-electron chi connectivity index (χ4n) is 1.87. The molecule has 0 aliphatic rings. The standard InChI is InChI=1S/C17H16FNO4/c18-11-17(12-20)23-16-9-5-14(6-10-16)2-1-13-3-7-15(8-4-13)19(21)22/h1-10,17,20H,11-12H2/b2-1+. The van der Waals surface area contributed by atoms with Crippen LogP contribution in [0.4, 0.5) is 10.1 Å². The zero-order chi connectivity index (χ0) is 16.7. The minimum atomic E-state index is -0.850. The fourth-order valence-corrected chi connectivity index (χ4v) is 1.87. The van der Waals surface area contributed by atoms with Crippen LogP contribution in [0.5, 0.6) is 5.75 Å². The minimum absolute atomic E-state index is 0.0509. The minimum Gasteiger partial charge on any atom is -0.485 e. The van der Waals surface area contributed by atoms with Crippen molar-refractivity contribution in [2.24, 2.45) is 0 Å². The van der Waals surface area contributed by atoms with E-state index in [9.17, 15) is 14.5 Å². The Balaban J connectivity index is 2.01. The van der Waals surface area contributed by atoms with E-state index in [4.69, 9.17) is 9.84 Å². The lowest BCUT2D eigenvalue weighted by Gasteiger charge is -2.13. The molecule has 0 saturated heterocycles. The van der Waals surface area contributed by atoms with Crippen LogP contribution in [-0.2, 0) is 0 Å². The van der Waals surface area contributed by atoms with Crippen molar-refractivity contribution < 1.29 is 19.2 Å². The summed E-state index contributed by atoms with van der Waals surface area (Å²) in [7, 11) is 0. The number of hydrogen-bond acceptors (Lipinski definition) is 4. The summed E-state index contributed by atoms with van der Waals surface area (Å²) >= 11 is 0. The van der Waals surface area contributed by atoms with Crippen molar-refractivity contribution in [1.29, 1.82) is 0 Å². The third-order valence-corrected chi connectivity index (χ3v) is 3.13. The normalized spacial score (nSPS) is 12.3. The van der Waals surface area contributed by atoms with Crippen LogP contribution in [0.15, 0.2) is 48.5 Å². The van der Waals surface area contributed by atoms with Crippen LogP contribution in [0.1, 0.15) is 11.1 Å². The number of aliphatic hydroxyl groups is 1. The summed E-state index contributed by atoms with van der Waals surface area (Å²) in [6, 6.07) is 13.2. The predicted octanol–water partition coefficient (Wildman–Crippen LogP) is 3.47. The van der Waals surface area contributed by atoms with Gasteiger partial charge in [-0.05, 0) is 35.4 Å². The van der Waals surface area contributed by atoms with Gasteiger partial charge in [0, 0.05) is 12.1 Å². The average molecular weight is 317 g/mol. The van der Waals surface area contributed by atoms with Gasteiger partial charge in [-0.1, -0.05) is 24.3 Å². The molecule has 0 spiro atoms. The van der Waals surface area contributed by atoms with Crippen LogP contribution in [0.2, 0.25) is 0 Å². The first-order valence-corrected chi connectivity index (χ1v) is 6.98. The van der Waals surface area contributed by atoms with E-state index in [1.165, 1.54) is 12.1 Å². The molecule has 0 saturated carbocycles. The zero-order valence-corrected chi connectivity index (χ0v) is 12.3. The summed E-state index contributed by atoms with van der Waals surface area (Å²) in [4.78, 5) is 10.1. The molecule has 0 aliphatic heterocycles. The number of nitro groups is 1. The third kappa shape index (κ3) is 4.89. The average Bonchev–Trinajstić information content (AvgIpc) is 2.59. The first kappa shape index (κ1) is 16.6. The lowest BCUT2D eigenvalue weighted by molar-refractivity contribution is -0.384. The highest BCUT2D eigenvalue weighted by Crippen LogP contribution is 2.17. The first-order valence-electron chi connectivity index (χ1n) is 6.98. The number of hydrogen-bond donors (Lipinski definition) is 1. The molecule has 0 bridgehead atoms. The van der Waals surface area contributed by atoms with Crippen molar-refractivity contribution >= 4 is 17.8 Å². The van der Waals surface area contributed by atoms with Gasteiger partial charge >= 0.3 is 0 Å². The lowest BCUT2D eigenvalue weighted by atomic mass is 10.1. The van der Waals surface area contributed by atoms with Gasteiger partial charge in [0.15, 0.2) is 0 Å². The number of ether oxygens (including phenoxy) is 1. The van der Waals surface area contributed by atoms with Crippen LogP contribution in [0.25, 0.3) is 12.2 Å². The van der Waals surface area contributed by atoms with Crippen molar-refractivity contribution in [3.63, 3.8) is 0 Å². The smallest absolute Gasteiger partial charge is 0.269 e. The molecule has 23 heavy (non-hydrogen) atoms. The van der Waals surface area contributed by atoms with Crippen LogP contribution in [0, 0.1) is 10.1 Å². The number of halogens is 1. The second kappa shape index (κ2) is 8.05. The number of nitrogens with zero attached hydrogens (tertiary/aromatic N) is 1. The van der Waals surface area contributed by atoms with Crippen molar-refractivity contribution in [3.05, 3.63) is 69.8 Å². The summed E-state index contributed by atoms with van der Waals surface area (Å²) < 4.78 is 17.7. The molecule has 5 nitrogen and oxygen atoms in total. The largest absolute Gasteiger partial charge is 0.485 e. The Morgan fingerprint density at radius 3 is 2.04 bits per heavy atom. The Kier molecular flexibility index (Phi) is 5.82. The summed E-state index contributed by atoms with van der Waals surface area (Å²) in [6.07, 6.45) is 2.83. The Hall–Kier alpha value is -2.73. The van der Waals surface area contributed by atoms with Crippen LogP contribution in [-0.4, -0.2) is 29.4 Å². The Morgan fingerprint density at radius 1 is 1.09 bits per heavy atom. The van der Waals surface area contributed by atoms with Gasteiger partial charge < -0.3 is 9.84 Å². The van der Waals surface area contributed by atoms with Gasteiger partial charge in [-0.25, -0.2) is 4.39 Å². The van der Waals surface area contributed by atoms with Gasteiger partial charge in [-0.2, -0.15) is 0 Å². The zero-order valence-electron chi connectivity index (χ0n) is 12.3. The maximum Gasteiger partial charge on any atom is 0.269 e. The highest BCUT2D eigenvalue weighted by atomic mass is 19.1. The highest BCUT2D eigenvalue weighted by molar-refractivity contribution is 5.70. The van der Waals surface area contributed by atoms with E-state index in [2.05, 4.69) is 0 Å². The quantitative estimate of drug-likeness (QED) is 0.482. The Bertz CT molecular complexity index is 664. The van der Waals surface area contributed by atoms with Gasteiger partial charge in [-0.3, -0.25) is 10.1 Å². The monoisotopic (exact) mass is 317 g/mol. The number of alkyl halides is 1. The molecule has 0 amide bonds. The Morgan fingerprint density at radius 2 is 1.61 bits per heavy atom. The number of nitro benzene ring substituents is 1. The summed E-state index contributed by atoms with van der Waals surface area (Å²) in [5, 5.41) is 19.5. The van der Waals surface area contributed by atoms with Crippen LogP contribution >= 0.6 is 0 Å². The summed E-state index contributed by atoms with van der Waals surface area (Å²) in [6.45, 7) is -1.13. The molecule has 0 aromatic heterocycles. The number of non-ortho nitro benzene ring substituents is 1. The molecule has 0 heterocycles. The second-order valence-electron chi connectivity index (χ2n) is 4.83. The molecule has 2 aromatic rings. The van der Waals surface area contributed by atoms with Crippen molar-refractivity contribution in [1.82, 2.24) is 0 Å². The number of benzene rings is 2. The van der Waals surface area contributed by atoms with E-state index in [0.717, 1.165) is 11.1 Å². The molecule has 2 rings (SSSR count). The van der Waals surface area contributed by atoms with E-state index in [0.29, 0.717) is 5.75 Å². The van der Waals surface area contributed by atoms with Crippen molar-refractivity contribution in [2.75, 3.05) is 13.3 Å². The van der Waals surface area contributed by atoms with Crippen molar-refractivity contribution in [2.45, 2.75) is 6.10 Å². The summed E-state index contributed by atoms with van der Waals surface area (Å²) in [5.74, 6) is 0.481. The van der Waals surface area contributed by atoms with Crippen LogP contribution in [0.3, 0.4) is 0 Å². The molecule has 1 atom stereocenters. The van der Waals surface area contributed by atoms with Gasteiger partial charge in [0.25, 0.3) is 5.69 Å². The fraction of sp³-hybridized carbons (Fsp3) is 0.176. The van der Waals surface area contributed by atoms with Gasteiger partial charge in [0.05, 0.1) is 11.5 Å². The summed E-state index contributed by atoms with van der Waals surface area (Å²) in [5.41, 5.74) is 1.79. The number of aliphatic hydroxyl groups excluding tert-OH is 1. The molecule has 2 aromatic carbocycles. The maximum absolute atomic E-state index is 12.5. The molecular weight excluding hydrogens is 301 g/mol. The first-order chi connectivity index (χ1) is 11.1. The molecule has 0 aliphatic carbocycles. The predicted molar refractivity (Wildman–Crippen MR) is 85.9 cm³/mol. The molecule has 0 fully saturated rings. The van der Waals surface area contributed by atoms with Crippen LogP contribution < -0.4 is 4.74 Å². The molecule has 1 N–H and O–H groups in total. The maximum atomic E-state index is 12.5. The van der Waals surface area contributed by atoms with E-state index >= 15 is 0 Å².